The van der Waals surface area contributed by atoms with Crippen molar-refractivity contribution in [1.82, 2.24) is 4.90 Å². The van der Waals surface area contributed by atoms with Gasteiger partial charge in [0.2, 0.25) is 5.91 Å². The quantitative estimate of drug-likeness (QED) is 0.857. The third-order valence-corrected chi connectivity index (χ3v) is 5.14. The molecule has 0 radical (unpaired) electrons. The maximum atomic E-state index is 11.9. The molecule has 1 aliphatic rings. The van der Waals surface area contributed by atoms with Crippen LogP contribution in [0, 0.1) is 0 Å². The van der Waals surface area contributed by atoms with Gasteiger partial charge in [0.05, 0.1) is 15.6 Å². The SMILES string of the molecule is CC1(O)CCN(C(=O)CSc2cccs2)CC1. The zero-order chi connectivity index (χ0) is 12.3. The Bertz CT molecular complexity index is 366. The van der Waals surface area contributed by atoms with E-state index in [1.807, 2.05) is 29.3 Å². The number of thiophene rings is 1. The van der Waals surface area contributed by atoms with Gasteiger partial charge in [-0.1, -0.05) is 6.07 Å². The van der Waals surface area contributed by atoms with E-state index < -0.39 is 5.60 Å². The van der Waals surface area contributed by atoms with Crippen LogP contribution >= 0.6 is 23.1 Å². The van der Waals surface area contributed by atoms with E-state index in [0.29, 0.717) is 31.7 Å². The van der Waals surface area contributed by atoms with E-state index in [1.165, 1.54) is 4.21 Å². The average Bonchev–Trinajstić information content (AvgIpc) is 2.78. The molecule has 0 spiro atoms. The van der Waals surface area contributed by atoms with Gasteiger partial charge in [0.15, 0.2) is 0 Å². The normalized spacial score (nSPS) is 19.3. The molecule has 0 unspecified atom stereocenters. The monoisotopic (exact) mass is 271 g/mol. The fourth-order valence-electron chi connectivity index (χ4n) is 1.81. The first-order valence-electron chi connectivity index (χ1n) is 5.73. The molecule has 0 aliphatic carbocycles. The van der Waals surface area contributed by atoms with Gasteiger partial charge in [-0.25, -0.2) is 0 Å². The maximum absolute atomic E-state index is 11.9. The summed E-state index contributed by atoms with van der Waals surface area (Å²) >= 11 is 3.26. The number of carbonyl (C=O) groups is 1. The number of likely N-dealkylation sites (tertiary alicyclic amines) is 1. The van der Waals surface area contributed by atoms with Gasteiger partial charge in [-0.15, -0.1) is 23.1 Å². The van der Waals surface area contributed by atoms with Crippen LogP contribution in [0.4, 0.5) is 0 Å². The van der Waals surface area contributed by atoms with Crippen molar-refractivity contribution in [1.29, 1.82) is 0 Å². The number of hydrogen-bond acceptors (Lipinski definition) is 4. The third kappa shape index (κ3) is 3.72. The topological polar surface area (TPSA) is 40.5 Å². The van der Waals surface area contributed by atoms with Gasteiger partial charge in [0, 0.05) is 13.1 Å². The predicted molar refractivity (Wildman–Crippen MR) is 71.5 cm³/mol. The second-order valence-corrected chi connectivity index (χ2v) is 6.82. The molecule has 0 aromatic carbocycles. The van der Waals surface area contributed by atoms with Crippen LogP contribution in [0.1, 0.15) is 19.8 Å². The van der Waals surface area contributed by atoms with Gasteiger partial charge in [-0.05, 0) is 31.2 Å². The number of aliphatic hydroxyl groups is 1. The van der Waals surface area contributed by atoms with Crippen molar-refractivity contribution in [3.63, 3.8) is 0 Å². The van der Waals surface area contributed by atoms with Gasteiger partial charge in [0.1, 0.15) is 0 Å². The first kappa shape index (κ1) is 12.9. The Morgan fingerprint density at radius 2 is 2.29 bits per heavy atom. The number of hydrogen-bond donors (Lipinski definition) is 1. The second kappa shape index (κ2) is 5.42. The summed E-state index contributed by atoms with van der Waals surface area (Å²) in [6.45, 7) is 3.20. The number of rotatable bonds is 3. The second-order valence-electron chi connectivity index (χ2n) is 4.60. The van der Waals surface area contributed by atoms with Crippen molar-refractivity contribution in [3.05, 3.63) is 17.5 Å². The lowest BCUT2D eigenvalue weighted by Crippen LogP contribution is -2.45. The summed E-state index contributed by atoms with van der Waals surface area (Å²) in [7, 11) is 0. The maximum Gasteiger partial charge on any atom is 0.232 e. The summed E-state index contributed by atoms with van der Waals surface area (Å²) in [4.78, 5) is 13.8. The van der Waals surface area contributed by atoms with E-state index in [9.17, 15) is 9.90 Å². The average molecular weight is 271 g/mol. The summed E-state index contributed by atoms with van der Waals surface area (Å²) in [6, 6.07) is 4.03. The lowest BCUT2D eigenvalue weighted by molar-refractivity contribution is -0.132. The standard InChI is InChI=1S/C12H17NO2S2/c1-12(15)4-6-13(7-5-12)10(14)9-17-11-3-2-8-16-11/h2-3,8,15H,4-7,9H2,1H3. The molecule has 1 N–H and O–H groups in total. The first-order valence-corrected chi connectivity index (χ1v) is 7.60. The third-order valence-electron chi connectivity index (χ3n) is 3.03. The number of nitrogens with zero attached hydrogens (tertiary/aromatic N) is 1. The number of carbonyl (C=O) groups excluding carboxylic acids is 1. The Balaban J connectivity index is 1.77. The molecule has 94 valence electrons. The van der Waals surface area contributed by atoms with Crippen LogP contribution in [0.25, 0.3) is 0 Å². The Morgan fingerprint density at radius 1 is 1.59 bits per heavy atom. The van der Waals surface area contributed by atoms with Gasteiger partial charge < -0.3 is 10.0 Å². The summed E-state index contributed by atoms with van der Waals surface area (Å²) in [6.07, 6.45) is 1.37. The largest absolute Gasteiger partial charge is 0.390 e. The van der Waals surface area contributed by atoms with Crippen LogP contribution in [-0.2, 0) is 4.79 Å². The summed E-state index contributed by atoms with van der Waals surface area (Å²) in [5.74, 6) is 0.682. The van der Waals surface area contributed by atoms with Gasteiger partial charge >= 0.3 is 0 Å². The van der Waals surface area contributed by atoms with Gasteiger partial charge in [-0.3, -0.25) is 4.79 Å². The van der Waals surface area contributed by atoms with Crippen molar-refractivity contribution in [2.24, 2.45) is 0 Å². The van der Waals surface area contributed by atoms with E-state index in [0.717, 1.165) is 0 Å². The highest BCUT2D eigenvalue weighted by Crippen LogP contribution is 2.25. The molecule has 1 aromatic rings. The molecule has 1 fully saturated rings. The van der Waals surface area contributed by atoms with E-state index in [1.54, 1.807) is 23.1 Å². The minimum absolute atomic E-state index is 0.180. The number of piperidine rings is 1. The van der Waals surface area contributed by atoms with E-state index >= 15 is 0 Å². The molecule has 2 rings (SSSR count). The molecule has 3 nitrogen and oxygen atoms in total. The van der Waals surface area contributed by atoms with Crippen LogP contribution in [-0.4, -0.2) is 40.4 Å². The number of amides is 1. The van der Waals surface area contributed by atoms with Crippen LogP contribution < -0.4 is 0 Å². The smallest absolute Gasteiger partial charge is 0.232 e. The number of thioether (sulfide) groups is 1. The summed E-state index contributed by atoms with van der Waals surface area (Å²) < 4.78 is 1.18. The van der Waals surface area contributed by atoms with Crippen molar-refractivity contribution in [2.45, 2.75) is 29.6 Å². The Hall–Kier alpha value is -0.520. The molecule has 17 heavy (non-hydrogen) atoms. The van der Waals surface area contributed by atoms with Crippen LogP contribution in [0.3, 0.4) is 0 Å². The van der Waals surface area contributed by atoms with Crippen LogP contribution in [0.15, 0.2) is 21.7 Å². The highest BCUT2D eigenvalue weighted by Gasteiger charge is 2.29. The van der Waals surface area contributed by atoms with Gasteiger partial charge in [-0.2, -0.15) is 0 Å². The minimum atomic E-state index is -0.586. The van der Waals surface area contributed by atoms with Crippen molar-refractivity contribution in [2.75, 3.05) is 18.8 Å². The van der Waals surface area contributed by atoms with Crippen LogP contribution in [0.5, 0.6) is 0 Å². The fourth-order valence-corrected chi connectivity index (χ4v) is 3.49. The van der Waals surface area contributed by atoms with E-state index in [-0.39, 0.29) is 5.91 Å². The molecule has 1 saturated heterocycles. The highest BCUT2D eigenvalue weighted by atomic mass is 32.2. The zero-order valence-electron chi connectivity index (χ0n) is 9.89. The predicted octanol–water partition coefficient (Wildman–Crippen LogP) is 2.21. The molecule has 1 aliphatic heterocycles. The molecule has 2 heterocycles. The molecular weight excluding hydrogens is 254 g/mol. The Labute approximate surface area is 110 Å². The van der Waals surface area contributed by atoms with Gasteiger partial charge in [0.25, 0.3) is 0 Å². The molecule has 0 bridgehead atoms. The van der Waals surface area contributed by atoms with E-state index in [4.69, 9.17) is 0 Å². The summed E-state index contributed by atoms with van der Waals surface area (Å²) in [5, 5.41) is 11.8. The lowest BCUT2D eigenvalue weighted by Gasteiger charge is -2.35. The molecule has 0 atom stereocenters. The van der Waals surface area contributed by atoms with E-state index in [2.05, 4.69) is 0 Å². The van der Waals surface area contributed by atoms with Crippen molar-refractivity contribution >= 4 is 29.0 Å². The summed E-state index contributed by atoms with van der Waals surface area (Å²) in [5.41, 5.74) is -0.586. The van der Waals surface area contributed by atoms with Crippen molar-refractivity contribution in [3.8, 4) is 0 Å². The minimum Gasteiger partial charge on any atom is -0.390 e. The Kier molecular flexibility index (Phi) is 4.12. The molecule has 1 amide bonds. The van der Waals surface area contributed by atoms with Crippen molar-refractivity contribution < 1.29 is 9.90 Å². The zero-order valence-corrected chi connectivity index (χ0v) is 11.5. The highest BCUT2D eigenvalue weighted by molar-refractivity contribution is 8.01. The Morgan fingerprint density at radius 3 is 2.88 bits per heavy atom. The first-order chi connectivity index (χ1) is 8.07. The molecule has 1 aromatic heterocycles. The fraction of sp³-hybridized carbons (Fsp3) is 0.583. The molecular formula is C12H17NO2S2. The lowest BCUT2D eigenvalue weighted by atomic mass is 9.94. The molecule has 0 saturated carbocycles. The molecule has 5 heteroatoms. The van der Waals surface area contributed by atoms with Crippen LogP contribution in [0.2, 0.25) is 0 Å².